The Morgan fingerprint density at radius 3 is 2.55 bits per heavy atom. The monoisotopic (exact) mass is 333 g/mol. The Bertz CT molecular complexity index is 632. The second-order valence-electron chi connectivity index (χ2n) is 5.00. The zero-order valence-corrected chi connectivity index (χ0v) is 13.5. The molecule has 0 aliphatic carbocycles. The molecule has 0 saturated heterocycles. The van der Waals surface area contributed by atoms with Crippen LogP contribution in [0.4, 0.5) is 4.39 Å². The van der Waals surface area contributed by atoms with E-state index in [1.54, 1.807) is 6.92 Å². The number of sulfonamides is 1. The molecule has 0 fully saturated rings. The van der Waals surface area contributed by atoms with Gasteiger partial charge >= 0.3 is 5.97 Å². The molecule has 1 aromatic rings. The summed E-state index contributed by atoms with van der Waals surface area (Å²) in [6, 6.07) is 1.86. The van der Waals surface area contributed by atoms with Gasteiger partial charge in [-0.2, -0.15) is 4.72 Å². The quantitative estimate of drug-likeness (QED) is 0.759. The number of nitrogens with one attached hydrogen (secondary N) is 1. The van der Waals surface area contributed by atoms with E-state index in [4.69, 9.17) is 4.74 Å². The van der Waals surface area contributed by atoms with E-state index in [9.17, 15) is 22.7 Å². The van der Waals surface area contributed by atoms with Gasteiger partial charge in [0.05, 0.1) is 12.0 Å². The number of hydrogen-bond donors (Lipinski definition) is 2. The summed E-state index contributed by atoms with van der Waals surface area (Å²) in [5.41, 5.74) is 0. The van der Waals surface area contributed by atoms with Gasteiger partial charge in [0.2, 0.25) is 10.0 Å². The lowest BCUT2D eigenvalue weighted by Crippen LogP contribution is -2.45. The largest absolute Gasteiger partial charge is 0.494 e. The van der Waals surface area contributed by atoms with Gasteiger partial charge in [-0.15, -0.1) is 0 Å². The number of benzene rings is 1. The molecule has 0 saturated carbocycles. The van der Waals surface area contributed by atoms with Gasteiger partial charge in [-0.1, -0.05) is 20.3 Å². The van der Waals surface area contributed by atoms with Gasteiger partial charge in [0.25, 0.3) is 0 Å². The molecule has 2 unspecified atom stereocenters. The molecule has 1 rings (SSSR count). The van der Waals surface area contributed by atoms with Crippen LogP contribution in [0.25, 0.3) is 0 Å². The van der Waals surface area contributed by atoms with Crippen LogP contribution >= 0.6 is 0 Å². The maximum absolute atomic E-state index is 13.6. The highest BCUT2D eigenvalue weighted by Gasteiger charge is 2.30. The molecule has 0 aliphatic heterocycles. The minimum Gasteiger partial charge on any atom is -0.494 e. The van der Waals surface area contributed by atoms with E-state index in [2.05, 4.69) is 4.72 Å². The maximum atomic E-state index is 13.6. The average molecular weight is 333 g/mol. The fraction of sp³-hybridized carbons (Fsp3) is 0.500. The molecule has 22 heavy (non-hydrogen) atoms. The Morgan fingerprint density at radius 1 is 1.45 bits per heavy atom. The molecule has 0 heterocycles. The fourth-order valence-corrected chi connectivity index (χ4v) is 3.39. The Morgan fingerprint density at radius 2 is 2.09 bits per heavy atom. The molecular formula is C14H20FNO5S. The van der Waals surface area contributed by atoms with E-state index in [1.807, 2.05) is 6.92 Å². The molecule has 2 atom stereocenters. The topological polar surface area (TPSA) is 92.7 Å². The molecule has 0 radical (unpaired) electrons. The van der Waals surface area contributed by atoms with Crippen molar-refractivity contribution in [3.8, 4) is 5.75 Å². The molecule has 1 aromatic carbocycles. The van der Waals surface area contributed by atoms with E-state index in [1.165, 1.54) is 13.2 Å². The molecule has 0 bridgehead atoms. The van der Waals surface area contributed by atoms with Crippen LogP contribution in [-0.4, -0.2) is 32.6 Å². The number of rotatable bonds is 8. The van der Waals surface area contributed by atoms with Gasteiger partial charge in [-0.25, -0.2) is 12.8 Å². The third-order valence-corrected chi connectivity index (χ3v) is 4.73. The van der Waals surface area contributed by atoms with Crippen molar-refractivity contribution in [1.82, 2.24) is 4.72 Å². The molecule has 2 N–H and O–H groups in total. The first-order chi connectivity index (χ1) is 10.2. The van der Waals surface area contributed by atoms with Crippen LogP contribution in [0.15, 0.2) is 23.1 Å². The van der Waals surface area contributed by atoms with Gasteiger partial charge in [-0.05, 0) is 30.5 Å². The summed E-state index contributed by atoms with van der Waals surface area (Å²) >= 11 is 0. The van der Waals surface area contributed by atoms with Crippen LogP contribution in [0.5, 0.6) is 5.75 Å². The Labute approximate surface area is 129 Å². The van der Waals surface area contributed by atoms with Crippen LogP contribution in [0, 0.1) is 11.7 Å². The Hall–Kier alpha value is -1.67. The van der Waals surface area contributed by atoms with Crippen molar-refractivity contribution in [2.75, 3.05) is 7.11 Å². The average Bonchev–Trinajstić information content (AvgIpc) is 2.44. The summed E-state index contributed by atoms with van der Waals surface area (Å²) in [5, 5.41) is 9.20. The zero-order chi connectivity index (χ0) is 16.9. The lowest BCUT2D eigenvalue weighted by atomic mass is 9.98. The first-order valence-electron chi connectivity index (χ1n) is 6.81. The highest BCUT2D eigenvalue weighted by atomic mass is 32.2. The lowest BCUT2D eigenvalue weighted by molar-refractivity contribution is -0.140. The SMILES string of the molecule is CCCC(C)C(NS(=O)(=O)c1ccc(OC)c(F)c1)C(=O)O. The fourth-order valence-electron chi connectivity index (χ4n) is 2.08. The second-order valence-corrected chi connectivity index (χ2v) is 6.71. The molecule has 8 heteroatoms. The summed E-state index contributed by atoms with van der Waals surface area (Å²) in [7, 11) is -2.88. The third kappa shape index (κ3) is 4.41. The van der Waals surface area contributed by atoms with Crippen molar-refractivity contribution in [3.05, 3.63) is 24.0 Å². The number of hydrogen-bond acceptors (Lipinski definition) is 4. The minimum absolute atomic E-state index is 0.0897. The number of carboxylic acids is 1. The smallest absolute Gasteiger partial charge is 0.322 e. The summed E-state index contributed by atoms with van der Waals surface area (Å²) in [6.07, 6.45) is 1.28. The maximum Gasteiger partial charge on any atom is 0.322 e. The predicted molar refractivity (Wildman–Crippen MR) is 78.8 cm³/mol. The summed E-state index contributed by atoms with van der Waals surface area (Å²) in [4.78, 5) is 10.9. The number of carbonyl (C=O) groups is 1. The molecule has 0 spiro atoms. The van der Waals surface area contributed by atoms with E-state index in [0.717, 1.165) is 18.6 Å². The zero-order valence-electron chi connectivity index (χ0n) is 12.7. The van der Waals surface area contributed by atoms with E-state index in [0.29, 0.717) is 6.42 Å². The van der Waals surface area contributed by atoms with Crippen molar-refractivity contribution in [2.24, 2.45) is 5.92 Å². The lowest BCUT2D eigenvalue weighted by Gasteiger charge is -2.21. The van der Waals surface area contributed by atoms with Crippen molar-refractivity contribution in [3.63, 3.8) is 0 Å². The van der Waals surface area contributed by atoms with Crippen LogP contribution < -0.4 is 9.46 Å². The van der Waals surface area contributed by atoms with Crippen molar-refractivity contribution >= 4 is 16.0 Å². The number of methoxy groups -OCH3 is 1. The van der Waals surface area contributed by atoms with Crippen LogP contribution in [0.3, 0.4) is 0 Å². The number of ether oxygens (including phenoxy) is 1. The standard InChI is InChI=1S/C14H20FNO5S/c1-4-5-9(2)13(14(17)18)16-22(19,20)10-6-7-12(21-3)11(15)8-10/h6-9,13,16H,4-5H2,1-3H3,(H,17,18). The number of carboxylic acid groups (broad SMARTS) is 1. The first-order valence-corrected chi connectivity index (χ1v) is 8.30. The summed E-state index contributed by atoms with van der Waals surface area (Å²) in [5.74, 6) is -2.58. The van der Waals surface area contributed by atoms with Gasteiger partial charge in [-0.3, -0.25) is 4.79 Å². The Balaban J connectivity index is 3.07. The van der Waals surface area contributed by atoms with Gasteiger partial charge in [0.1, 0.15) is 6.04 Å². The normalized spacial score (nSPS) is 14.4. The van der Waals surface area contributed by atoms with Gasteiger partial charge in [0, 0.05) is 0 Å². The van der Waals surface area contributed by atoms with Crippen molar-refractivity contribution in [2.45, 2.75) is 37.6 Å². The van der Waals surface area contributed by atoms with Gasteiger partial charge < -0.3 is 9.84 Å². The Kier molecular flexibility index (Phi) is 6.31. The third-order valence-electron chi connectivity index (χ3n) is 3.29. The predicted octanol–water partition coefficient (Wildman–Crippen LogP) is 2.00. The number of aliphatic carboxylic acids is 1. The van der Waals surface area contributed by atoms with Crippen LogP contribution in [-0.2, 0) is 14.8 Å². The van der Waals surface area contributed by atoms with Crippen LogP contribution in [0.1, 0.15) is 26.7 Å². The van der Waals surface area contributed by atoms with E-state index >= 15 is 0 Å². The number of halogens is 1. The molecular weight excluding hydrogens is 313 g/mol. The molecule has 0 amide bonds. The molecule has 124 valence electrons. The van der Waals surface area contributed by atoms with Crippen molar-refractivity contribution < 1.29 is 27.4 Å². The summed E-state index contributed by atoms with van der Waals surface area (Å²) in [6.45, 7) is 3.53. The molecule has 0 aromatic heterocycles. The second kappa shape index (κ2) is 7.55. The van der Waals surface area contributed by atoms with Crippen LogP contribution in [0.2, 0.25) is 0 Å². The highest BCUT2D eigenvalue weighted by Crippen LogP contribution is 2.21. The van der Waals surface area contributed by atoms with E-state index in [-0.39, 0.29) is 16.6 Å². The van der Waals surface area contributed by atoms with E-state index < -0.39 is 27.9 Å². The molecule has 0 aliphatic rings. The van der Waals surface area contributed by atoms with Crippen molar-refractivity contribution in [1.29, 1.82) is 0 Å². The first kappa shape index (κ1) is 18.4. The minimum atomic E-state index is -4.14. The highest BCUT2D eigenvalue weighted by molar-refractivity contribution is 7.89. The summed E-state index contributed by atoms with van der Waals surface area (Å²) < 4.78 is 44.9. The molecule has 6 nitrogen and oxygen atoms in total. The van der Waals surface area contributed by atoms with Gasteiger partial charge in [0.15, 0.2) is 11.6 Å².